The van der Waals surface area contributed by atoms with Gasteiger partial charge in [0.2, 0.25) is 5.75 Å². The summed E-state index contributed by atoms with van der Waals surface area (Å²) in [6.07, 6.45) is 1.11. The Hall–Kier alpha value is -1.77. The number of esters is 1. The van der Waals surface area contributed by atoms with Crippen LogP contribution < -0.4 is 9.47 Å². The average Bonchev–Trinajstić information content (AvgIpc) is 2.84. The van der Waals surface area contributed by atoms with Gasteiger partial charge in [-0.2, -0.15) is 0 Å². The molecule has 0 atom stereocenters. The molecule has 0 aromatic heterocycles. The second-order valence-electron chi connectivity index (χ2n) is 2.31. The van der Waals surface area contributed by atoms with Crippen molar-refractivity contribution in [1.29, 1.82) is 0 Å². The number of benzene rings is 1. The SMILES string of the molecule is C=CC(=O)Oc1cccc2c1O2. The molecule has 1 aliphatic rings. The zero-order chi connectivity index (χ0) is 8.55. The summed E-state index contributed by atoms with van der Waals surface area (Å²) in [4.78, 5) is 10.8. The zero-order valence-electron chi connectivity index (χ0n) is 6.24. The molecule has 0 unspecified atom stereocenters. The standard InChI is InChI=1S/C9H6O3/c1-2-8(10)11-6-4-3-5-7-9(6)12-7/h2-5H,1H2. The third kappa shape index (κ3) is 1.05. The van der Waals surface area contributed by atoms with Crippen molar-refractivity contribution in [3.8, 4) is 17.2 Å². The Morgan fingerprint density at radius 2 is 2.42 bits per heavy atom. The predicted molar refractivity (Wildman–Crippen MR) is 42.3 cm³/mol. The number of fused-ring (bicyclic) bond motifs is 1. The minimum atomic E-state index is -0.473. The Kier molecular flexibility index (Phi) is 1.37. The minimum absolute atomic E-state index is 0.456. The van der Waals surface area contributed by atoms with Crippen LogP contribution in [0.4, 0.5) is 0 Å². The summed E-state index contributed by atoms with van der Waals surface area (Å²) in [7, 11) is 0. The first-order chi connectivity index (χ1) is 5.81. The lowest BCUT2D eigenvalue weighted by Gasteiger charge is -1.95. The third-order valence-electron chi connectivity index (χ3n) is 1.49. The number of rotatable bonds is 2. The Morgan fingerprint density at radius 3 is 3.17 bits per heavy atom. The Morgan fingerprint density at radius 1 is 1.58 bits per heavy atom. The Balaban J connectivity index is 2.21. The van der Waals surface area contributed by atoms with Gasteiger partial charge in [-0.15, -0.1) is 0 Å². The molecule has 1 aliphatic heterocycles. The van der Waals surface area contributed by atoms with E-state index in [1.807, 2.05) is 0 Å². The highest BCUT2D eigenvalue weighted by atomic mass is 16.6. The molecular weight excluding hydrogens is 156 g/mol. The molecule has 12 heavy (non-hydrogen) atoms. The molecule has 3 nitrogen and oxygen atoms in total. The van der Waals surface area contributed by atoms with Gasteiger partial charge in [-0.05, 0) is 12.1 Å². The summed E-state index contributed by atoms with van der Waals surface area (Å²) in [5, 5.41) is 0. The van der Waals surface area contributed by atoms with Gasteiger partial charge < -0.3 is 9.47 Å². The van der Waals surface area contributed by atoms with Crippen LogP contribution in [0.15, 0.2) is 30.9 Å². The van der Waals surface area contributed by atoms with Crippen molar-refractivity contribution in [3.63, 3.8) is 0 Å². The summed E-state index contributed by atoms with van der Waals surface area (Å²) in [5.41, 5.74) is 0. The van der Waals surface area contributed by atoms with Gasteiger partial charge >= 0.3 is 5.97 Å². The van der Waals surface area contributed by atoms with E-state index in [1.54, 1.807) is 18.2 Å². The number of para-hydroxylation sites is 1. The summed E-state index contributed by atoms with van der Waals surface area (Å²) in [6, 6.07) is 5.24. The topological polar surface area (TPSA) is 38.8 Å². The molecule has 1 heterocycles. The van der Waals surface area contributed by atoms with Gasteiger partial charge in [-0.25, -0.2) is 4.79 Å². The fourth-order valence-electron chi connectivity index (χ4n) is 0.895. The predicted octanol–water partition coefficient (Wildman–Crippen LogP) is 1.88. The summed E-state index contributed by atoms with van der Waals surface area (Å²) in [5.74, 6) is 1.40. The van der Waals surface area contributed by atoms with Gasteiger partial charge in [0.1, 0.15) is 0 Å². The normalized spacial score (nSPS) is 11.0. The van der Waals surface area contributed by atoms with Crippen LogP contribution >= 0.6 is 0 Å². The summed E-state index contributed by atoms with van der Waals surface area (Å²) < 4.78 is 9.87. The molecule has 1 aromatic carbocycles. The van der Waals surface area contributed by atoms with Crippen molar-refractivity contribution in [3.05, 3.63) is 30.9 Å². The van der Waals surface area contributed by atoms with Gasteiger partial charge in [0.25, 0.3) is 0 Å². The van der Waals surface area contributed by atoms with Gasteiger partial charge in [0, 0.05) is 6.08 Å². The lowest BCUT2D eigenvalue weighted by Crippen LogP contribution is -2.01. The first-order valence-electron chi connectivity index (χ1n) is 3.46. The van der Waals surface area contributed by atoms with Crippen LogP contribution in [0.2, 0.25) is 0 Å². The molecule has 0 N–H and O–H groups in total. The lowest BCUT2D eigenvalue weighted by atomic mass is 10.3. The molecule has 0 saturated heterocycles. The van der Waals surface area contributed by atoms with Crippen LogP contribution in [-0.2, 0) is 4.79 Å². The van der Waals surface area contributed by atoms with E-state index in [0.717, 1.165) is 11.8 Å². The molecule has 3 heteroatoms. The minimum Gasteiger partial charge on any atom is -0.445 e. The first kappa shape index (κ1) is 6.91. The Labute approximate surface area is 69.2 Å². The second kappa shape index (κ2) is 2.37. The van der Waals surface area contributed by atoms with E-state index in [9.17, 15) is 4.79 Å². The number of carbonyl (C=O) groups excluding carboxylic acids is 1. The van der Waals surface area contributed by atoms with E-state index in [0.29, 0.717) is 11.5 Å². The number of carbonyl (C=O) groups is 1. The fourth-order valence-corrected chi connectivity index (χ4v) is 0.895. The molecule has 0 saturated carbocycles. The Bertz CT molecular complexity index is 355. The van der Waals surface area contributed by atoms with Gasteiger partial charge in [0.15, 0.2) is 11.5 Å². The molecule has 1 aromatic rings. The van der Waals surface area contributed by atoms with Crippen molar-refractivity contribution in [2.45, 2.75) is 0 Å². The van der Waals surface area contributed by atoms with Crippen molar-refractivity contribution in [1.82, 2.24) is 0 Å². The molecule has 2 rings (SSSR count). The maximum absolute atomic E-state index is 10.8. The van der Waals surface area contributed by atoms with E-state index >= 15 is 0 Å². The van der Waals surface area contributed by atoms with Crippen molar-refractivity contribution < 1.29 is 14.3 Å². The molecule has 0 aliphatic carbocycles. The highest BCUT2D eigenvalue weighted by molar-refractivity contribution is 5.84. The smallest absolute Gasteiger partial charge is 0.335 e. The van der Waals surface area contributed by atoms with E-state index in [-0.39, 0.29) is 0 Å². The summed E-state index contributed by atoms with van der Waals surface area (Å²) >= 11 is 0. The molecule has 0 fully saturated rings. The number of hydrogen-bond donors (Lipinski definition) is 0. The monoisotopic (exact) mass is 162 g/mol. The fraction of sp³-hybridized carbons (Fsp3) is 0. The summed E-state index contributed by atoms with van der Waals surface area (Å²) in [6.45, 7) is 3.29. The van der Waals surface area contributed by atoms with Crippen molar-refractivity contribution >= 4 is 5.97 Å². The molecule has 0 bridgehead atoms. The highest BCUT2D eigenvalue weighted by Gasteiger charge is 2.25. The lowest BCUT2D eigenvalue weighted by molar-refractivity contribution is -0.128. The van der Waals surface area contributed by atoms with Gasteiger partial charge in [-0.1, -0.05) is 12.6 Å². The average molecular weight is 162 g/mol. The number of hydrogen-bond acceptors (Lipinski definition) is 3. The molecular formula is C9H6O3. The number of ether oxygens (including phenoxy) is 2. The van der Waals surface area contributed by atoms with Crippen LogP contribution in [0.25, 0.3) is 0 Å². The molecule has 60 valence electrons. The van der Waals surface area contributed by atoms with Crippen LogP contribution in [-0.4, -0.2) is 5.97 Å². The maximum Gasteiger partial charge on any atom is 0.335 e. The highest BCUT2D eigenvalue weighted by Crippen LogP contribution is 2.52. The zero-order valence-corrected chi connectivity index (χ0v) is 6.24. The molecule has 0 spiro atoms. The second-order valence-corrected chi connectivity index (χ2v) is 2.31. The maximum atomic E-state index is 10.8. The first-order valence-corrected chi connectivity index (χ1v) is 3.46. The van der Waals surface area contributed by atoms with Gasteiger partial charge in [-0.3, -0.25) is 0 Å². The van der Waals surface area contributed by atoms with Crippen molar-refractivity contribution in [2.24, 2.45) is 0 Å². The quantitative estimate of drug-likeness (QED) is 0.293. The largest absolute Gasteiger partial charge is 0.445 e. The van der Waals surface area contributed by atoms with Crippen LogP contribution in [0, 0.1) is 0 Å². The van der Waals surface area contributed by atoms with E-state index in [2.05, 4.69) is 6.58 Å². The van der Waals surface area contributed by atoms with Crippen LogP contribution in [0.3, 0.4) is 0 Å². The molecule has 0 amide bonds. The van der Waals surface area contributed by atoms with E-state index in [1.165, 1.54) is 0 Å². The third-order valence-corrected chi connectivity index (χ3v) is 1.49. The van der Waals surface area contributed by atoms with Crippen LogP contribution in [0.1, 0.15) is 0 Å². The van der Waals surface area contributed by atoms with E-state index < -0.39 is 5.97 Å². The van der Waals surface area contributed by atoms with Crippen molar-refractivity contribution in [2.75, 3.05) is 0 Å². The van der Waals surface area contributed by atoms with Crippen LogP contribution in [0.5, 0.6) is 17.2 Å². The van der Waals surface area contributed by atoms with Gasteiger partial charge in [0.05, 0.1) is 0 Å². The molecule has 0 radical (unpaired) electrons. The van der Waals surface area contributed by atoms with E-state index in [4.69, 9.17) is 9.47 Å².